The van der Waals surface area contributed by atoms with E-state index in [2.05, 4.69) is 10.3 Å². The number of aliphatic imine (C=N–C) groups is 1. The first-order valence-corrected chi connectivity index (χ1v) is 3.03. The van der Waals surface area contributed by atoms with Crippen LogP contribution in [0.3, 0.4) is 0 Å². The van der Waals surface area contributed by atoms with Gasteiger partial charge in [0.15, 0.2) is 0 Å². The molecule has 0 aromatic heterocycles. The first-order chi connectivity index (χ1) is 5.11. The van der Waals surface area contributed by atoms with Crippen molar-refractivity contribution in [2.75, 3.05) is 0 Å². The second-order valence-electron chi connectivity index (χ2n) is 2.14. The highest BCUT2D eigenvalue weighted by atomic mass is 16.4. The van der Waals surface area contributed by atoms with Crippen LogP contribution in [-0.2, 0) is 4.79 Å². The van der Waals surface area contributed by atoms with Crippen LogP contribution in [0.5, 0.6) is 0 Å². The van der Waals surface area contributed by atoms with E-state index in [-0.39, 0.29) is 5.57 Å². The van der Waals surface area contributed by atoms with Crippen LogP contribution in [0.25, 0.3) is 0 Å². The number of carbonyl (C=O) groups is 1. The van der Waals surface area contributed by atoms with Crippen molar-refractivity contribution in [3.63, 3.8) is 0 Å². The molecule has 0 spiro atoms. The van der Waals surface area contributed by atoms with Gasteiger partial charge in [0.2, 0.25) is 6.35 Å². The van der Waals surface area contributed by atoms with Crippen LogP contribution < -0.4 is 5.32 Å². The van der Waals surface area contributed by atoms with E-state index in [0.29, 0.717) is 5.70 Å². The molecule has 0 radical (unpaired) electrons. The SMILES string of the molecule is CC1=C(C(=O)O)C=N[C@@H](O)N1. The van der Waals surface area contributed by atoms with E-state index in [4.69, 9.17) is 10.2 Å². The lowest BCUT2D eigenvalue weighted by atomic mass is 10.2. The molecule has 0 aliphatic carbocycles. The van der Waals surface area contributed by atoms with E-state index in [1.807, 2.05) is 0 Å². The van der Waals surface area contributed by atoms with Crippen LogP contribution in [0, 0.1) is 0 Å². The molecule has 1 rings (SSSR count). The molecular formula is C6H8N2O3. The van der Waals surface area contributed by atoms with Crippen LogP contribution in [-0.4, -0.2) is 28.7 Å². The third kappa shape index (κ3) is 1.56. The lowest BCUT2D eigenvalue weighted by Crippen LogP contribution is -2.31. The molecule has 0 aromatic rings. The van der Waals surface area contributed by atoms with Gasteiger partial charge in [-0.15, -0.1) is 0 Å². The topological polar surface area (TPSA) is 81.9 Å². The van der Waals surface area contributed by atoms with Gasteiger partial charge in [-0.25, -0.2) is 9.79 Å². The van der Waals surface area contributed by atoms with E-state index in [9.17, 15) is 4.79 Å². The van der Waals surface area contributed by atoms with Crippen LogP contribution in [0.15, 0.2) is 16.3 Å². The van der Waals surface area contributed by atoms with Crippen LogP contribution >= 0.6 is 0 Å². The second kappa shape index (κ2) is 2.71. The number of nitrogens with zero attached hydrogens (tertiary/aromatic N) is 1. The Morgan fingerprint density at radius 1 is 1.82 bits per heavy atom. The summed E-state index contributed by atoms with van der Waals surface area (Å²) in [4.78, 5) is 13.9. The van der Waals surface area contributed by atoms with Crippen LogP contribution in [0.4, 0.5) is 0 Å². The molecule has 1 aliphatic rings. The van der Waals surface area contributed by atoms with Gasteiger partial charge in [-0.05, 0) is 6.92 Å². The third-order valence-corrected chi connectivity index (χ3v) is 1.32. The van der Waals surface area contributed by atoms with Crippen LogP contribution in [0.2, 0.25) is 0 Å². The number of nitrogens with one attached hydrogen (secondary N) is 1. The number of carboxylic acid groups (broad SMARTS) is 1. The first-order valence-electron chi connectivity index (χ1n) is 3.03. The molecule has 5 heteroatoms. The molecule has 60 valence electrons. The first kappa shape index (κ1) is 7.74. The summed E-state index contributed by atoms with van der Waals surface area (Å²) in [5.41, 5.74) is 0.496. The largest absolute Gasteiger partial charge is 0.478 e. The van der Waals surface area contributed by atoms with E-state index >= 15 is 0 Å². The predicted octanol–water partition coefficient (Wildman–Crippen LogP) is -0.705. The highest BCUT2D eigenvalue weighted by molar-refractivity contribution is 6.09. The molecule has 0 fully saturated rings. The zero-order chi connectivity index (χ0) is 8.43. The number of rotatable bonds is 1. The molecule has 5 nitrogen and oxygen atoms in total. The predicted molar refractivity (Wildman–Crippen MR) is 38.0 cm³/mol. The Balaban J connectivity index is 2.88. The maximum Gasteiger partial charge on any atom is 0.339 e. The summed E-state index contributed by atoms with van der Waals surface area (Å²) in [6.45, 7) is 1.57. The Bertz CT molecular complexity index is 244. The number of aliphatic hydroxyl groups is 1. The normalized spacial score (nSPS) is 23.3. The van der Waals surface area contributed by atoms with Gasteiger partial charge >= 0.3 is 5.97 Å². The number of hydrogen-bond donors (Lipinski definition) is 3. The smallest absolute Gasteiger partial charge is 0.339 e. The van der Waals surface area contributed by atoms with Crippen molar-refractivity contribution in [1.29, 1.82) is 0 Å². The van der Waals surface area contributed by atoms with Crippen molar-refractivity contribution < 1.29 is 15.0 Å². The Morgan fingerprint density at radius 3 is 2.91 bits per heavy atom. The number of carboxylic acids is 1. The molecule has 1 aliphatic heterocycles. The highest BCUT2D eigenvalue weighted by Crippen LogP contribution is 2.04. The minimum absolute atomic E-state index is 0.0790. The van der Waals surface area contributed by atoms with Gasteiger partial charge in [0.05, 0.1) is 5.57 Å². The summed E-state index contributed by atoms with van der Waals surface area (Å²) >= 11 is 0. The second-order valence-corrected chi connectivity index (χ2v) is 2.14. The van der Waals surface area contributed by atoms with Crippen LogP contribution in [0.1, 0.15) is 6.92 Å². The van der Waals surface area contributed by atoms with Crippen molar-refractivity contribution in [3.8, 4) is 0 Å². The average molecular weight is 156 g/mol. The van der Waals surface area contributed by atoms with E-state index < -0.39 is 12.3 Å². The molecule has 0 saturated carbocycles. The Morgan fingerprint density at radius 2 is 2.45 bits per heavy atom. The molecule has 0 amide bonds. The molecule has 1 heterocycles. The van der Waals surface area contributed by atoms with Gasteiger partial charge in [-0.2, -0.15) is 0 Å². The van der Waals surface area contributed by atoms with E-state index in [0.717, 1.165) is 6.21 Å². The van der Waals surface area contributed by atoms with Crippen molar-refractivity contribution >= 4 is 12.2 Å². The lowest BCUT2D eigenvalue weighted by Gasteiger charge is -2.15. The highest BCUT2D eigenvalue weighted by Gasteiger charge is 2.15. The molecule has 11 heavy (non-hydrogen) atoms. The number of allylic oxidation sites excluding steroid dienone is 1. The van der Waals surface area contributed by atoms with E-state index in [1.54, 1.807) is 6.92 Å². The zero-order valence-electron chi connectivity index (χ0n) is 5.90. The Kier molecular flexibility index (Phi) is 1.91. The Hall–Kier alpha value is -1.36. The monoisotopic (exact) mass is 156 g/mol. The number of hydrogen-bond acceptors (Lipinski definition) is 4. The minimum Gasteiger partial charge on any atom is -0.478 e. The lowest BCUT2D eigenvalue weighted by molar-refractivity contribution is -0.132. The molecule has 0 saturated heterocycles. The standard InChI is InChI=1S/C6H8N2O3/c1-3-4(5(9)10)2-7-6(11)8-3/h2,6,8,11H,1H3,(H,9,10)/t6-/m1/s1. The van der Waals surface area contributed by atoms with Gasteiger partial charge in [0.1, 0.15) is 0 Å². The van der Waals surface area contributed by atoms with Gasteiger partial charge in [-0.1, -0.05) is 0 Å². The number of aliphatic hydroxyl groups excluding tert-OH is 1. The molecule has 0 unspecified atom stereocenters. The fraction of sp³-hybridized carbons (Fsp3) is 0.333. The van der Waals surface area contributed by atoms with Crippen molar-refractivity contribution in [2.45, 2.75) is 13.3 Å². The zero-order valence-corrected chi connectivity index (χ0v) is 5.90. The molecule has 0 bridgehead atoms. The fourth-order valence-electron chi connectivity index (χ4n) is 0.766. The Labute approximate surface area is 63.1 Å². The molecule has 0 aromatic carbocycles. The average Bonchev–Trinajstić information content (AvgIpc) is 1.85. The summed E-state index contributed by atoms with van der Waals surface area (Å²) in [7, 11) is 0. The molecule has 1 atom stereocenters. The quantitative estimate of drug-likeness (QED) is 0.468. The van der Waals surface area contributed by atoms with Crippen molar-refractivity contribution in [2.24, 2.45) is 4.99 Å². The van der Waals surface area contributed by atoms with Gasteiger partial charge in [0, 0.05) is 11.9 Å². The summed E-state index contributed by atoms with van der Waals surface area (Å²) in [6.07, 6.45) is 0.122. The van der Waals surface area contributed by atoms with Gasteiger partial charge in [-0.3, -0.25) is 0 Å². The maximum absolute atomic E-state index is 10.4. The molecular weight excluding hydrogens is 148 g/mol. The summed E-state index contributed by atoms with van der Waals surface area (Å²) < 4.78 is 0. The third-order valence-electron chi connectivity index (χ3n) is 1.32. The van der Waals surface area contributed by atoms with Gasteiger partial charge in [0.25, 0.3) is 0 Å². The van der Waals surface area contributed by atoms with E-state index in [1.165, 1.54) is 0 Å². The summed E-state index contributed by atoms with van der Waals surface area (Å²) in [5.74, 6) is -1.05. The minimum atomic E-state index is -1.05. The molecule has 3 N–H and O–H groups in total. The van der Waals surface area contributed by atoms with Crippen molar-refractivity contribution in [1.82, 2.24) is 5.32 Å². The maximum atomic E-state index is 10.4. The number of aliphatic carboxylic acids is 1. The van der Waals surface area contributed by atoms with Gasteiger partial charge < -0.3 is 15.5 Å². The fourth-order valence-corrected chi connectivity index (χ4v) is 0.766. The summed E-state index contributed by atoms with van der Waals surface area (Å²) in [5, 5.41) is 19.8. The summed E-state index contributed by atoms with van der Waals surface area (Å²) in [6, 6.07) is 0. The van der Waals surface area contributed by atoms with Crippen molar-refractivity contribution in [3.05, 3.63) is 11.3 Å².